The van der Waals surface area contributed by atoms with E-state index in [2.05, 4.69) is 19.2 Å². The summed E-state index contributed by atoms with van der Waals surface area (Å²) in [4.78, 5) is 13.6. The largest absolute Gasteiger partial charge is 0.340 e. The van der Waals surface area contributed by atoms with E-state index in [0.29, 0.717) is 17.9 Å². The molecule has 80 valence electrons. The van der Waals surface area contributed by atoms with Crippen molar-refractivity contribution in [3.8, 4) is 0 Å². The van der Waals surface area contributed by atoms with E-state index in [0.717, 1.165) is 19.6 Å². The number of hydrogen-bond donors (Lipinski definition) is 1. The highest BCUT2D eigenvalue weighted by atomic mass is 16.2. The van der Waals surface area contributed by atoms with Crippen LogP contribution in [0.4, 0.5) is 0 Å². The highest BCUT2D eigenvalue weighted by molar-refractivity contribution is 5.79. The molecule has 1 amide bonds. The molecule has 0 unspecified atom stereocenters. The maximum atomic E-state index is 11.6. The van der Waals surface area contributed by atoms with Gasteiger partial charge in [0, 0.05) is 19.6 Å². The number of carbonyl (C=O) groups is 1. The standard InChI is InChI=1S/C11H20N2O/c1-9(2)11(3-4-11)8-13-6-5-12-7-10(13)14/h9,12H,3-8H2,1-2H3. The van der Waals surface area contributed by atoms with Gasteiger partial charge in [0.1, 0.15) is 0 Å². The van der Waals surface area contributed by atoms with E-state index in [1.165, 1.54) is 12.8 Å². The molecule has 0 aromatic heterocycles. The second-order valence-electron chi connectivity index (χ2n) is 5.01. The minimum Gasteiger partial charge on any atom is -0.340 e. The Morgan fingerprint density at radius 2 is 2.21 bits per heavy atom. The van der Waals surface area contributed by atoms with Crippen LogP contribution in [0.1, 0.15) is 26.7 Å². The van der Waals surface area contributed by atoms with Crippen molar-refractivity contribution in [2.24, 2.45) is 11.3 Å². The lowest BCUT2D eigenvalue weighted by Crippen LogP contribution is -2.50. The highest BCUT2D eigenvalue weighted by Crippen LogP contribution is 2.52. The Hall–Kier alpha value is -0.570. The van der Waals surface area contributed by atoms with Crippen molar-refractivity contribution in [1.29, 1.82) is 0 Å². The number of nitrogens with one attached hydrogen (secondary N) is 1. The first-order chi connectivity index (χ1) is 6.64. The Morgan fingerprint density at radius 3 is 2.71 bits per heavy atom. The van der Waals surface area contributed by atoms with E-state index in [1.54, 1.807) is 0 Å². The Balaban J connectivity index is 1.93. The van der Waals surface area contributed by atoms with Crippen LogP contribution < -0.4 is 5.32 Å². The molecule has 0 aromatic carbocycles. The Labute approximate surface area is 85.8 Å². The second kappa shape index (κ2) is 3.54. The fraction of sp³-hybridized carbons (Fsp3) is 0.909. The van der Waals surface area contributed by atoms with Crippen molar-refractivity contribution in [2.45, 2.75) is 26.7 Å². The Kier molecular flexibility index (Phi) is 2.52. The van der Waals surface area contributed by atoms with E-state index in [4.69, 9.17) is 0 Å². The summed E-state index contributed by atoms with van der Waals surface area (Å²) in [6.45, 7) is 7.94. The second-order valence-corrected chi connectivity index (χ2v) is 5.01. The molecule has 14 heavy (non-hydrogen) atoms. The van der Waals surface area contributed by atoms with Crippen LogP contribution in [0.15, 0.2) is 0 Å². The van der Waals surface area contributed by atoms with E-state index < -0.39 is 0 Å². The zero-order chi connectivity index (χ0) is 10.2. The topological polar surface area (TPSA) is 32.3 Å². The van der Waals surface area contributed by atoms with Crippen molar-refractivity contribution < 1.29 is 4.79 Å². The Morgan fingerprint density at radius 1 is 1.50 bits per heavy atom. The van der Waals surface area contributed by atoms with Crippen LogP contribution in [-0.4, -0.2) is 37.0 Å². The molecule has 2 aliphatic rings. The van der Waals surface area contributed by atoms with Crippen LogP contribution in [0, 0.1) is 11.3 Å². The van der Waals surface area contributed by atoms with Crippen molar-refractivity contribution in [3.63, 3.8) is 0 Å². The lowest BCUT2D eigenvalue weighted by Gasteiger charge is -2.32. The summed E-state index contributed by atoms with van der Waals surface area (Å²) in [6, 6.07) is 0. The number of nitrogens with zero attached hydrogens (tertiary/aromatic N) is 1. The third kappa shape index (κ3) is 1.78. The van der Waals surface area contributed by atoms with Gasteiger partial charge in [-0.25, -0.2) is 0 Å². The predicted octanol–water partition coefficient (Wildman–Crippen LogP) is 0.854. The van der Waals surface area contributed by atoms with Crippen molar-refractivity contribution >= 4 is 5.91 Å². The van der Waals surface area contributed by atoms with Crippen LogP contribution in [0.25, 0.3) is 0 Å². The van der Waals surface area contributed by atoms with Gasteiger partial charge in [-0.3, -0.25) is 4.79 Å². The summed E-state index contributed by atoms with van der Waals surface area (Å²) in [6.07, 6.45) is 2.61. The van der Waals surface area contributed by atoms with Crippen molar-refractivity contribution in [2.75, 3.05) is 26.2 Å². The number of amides is 1. The van der Waals surface area contributed by atoms with Gasteiger partial charge in [0.05, 0.1) is 6.54 Å². The zero-order valence-electron chi connectivity index (χ0n) is 9.18. The zero-order valence-corrected chi connectivity index (χ0v) is 9.18. The summed E-state index contributed by atoms with van der Waals surface area (Å²) in [5.74, 6) is 0.994. The van der Waals surface area contributed by atoms with Gasteiger partial charge in [-0.1, -0.05) is 13.8 Å². The van der Waals surface area contributed by atoms with Crippen molar-refractivity contribution in [1.82, 2.24) is 10.2 Å². The first kappa shape index (κ1) is 9.97. The molecule has 0 bridgehead atoms. The van der Waals surface area contributed by atoms with Crippen LogP contribution in [0.3, 0.4) is 0 Å². The summed E-state index contributed by atoms with van der Waals surface area (Å²) in [5, 5.41) is 3.11. The third-order valence-electron chi connectivity index (χ3n) is 3.81. The fourth-order valence-corrected chi connectivity index (χ4v) is 2.27. The molecule has 1 saturated carbocycles. The molecular formula is C11H20N2O. The average molecular weight is 196 g/mol. The summed E-state index contributed by atoms with van der Waals surface area (Å²) >= 11 is 0. The van der Waals surface area contributed by atoms with Gasteiger partial charge in [-0.15, -0.1) is 0 Å². The number of rotatable bonds is 3. The van der Waals surface area contributed by atoms with Crippen LogP contribution in [0.5, 0.6) is 0 Å². The lowest BCUT2D eigenvalue weighted by atomic mass is 9.91. The summed E-state index contributed by atoms with van der Waals surface area (Å²) < 4.78 is 0. The summed E-state index contributed by atoms with van der Waals surface area (Å²) in [7, 11) is 0. The molecule has 3 nitrogen and oxygen atoms in total. The van der Waals surface area contributed by atoms with E-state index >= 15 is 0 Å². The van der Waals surface area contributed by atoms with Gasteiger partial charge < -0.3 is 10.2 Å². The monoisotopic (exact) mass is 196 g/mol. The molecule has 1 aliphatic carbocycles. The molecular weight excluding hydrogens is 176 g/mol. The predicted molar refractivity (Wildman–Crippen MR) is 56.0 cm³/mol. The average Bonchev–Trinajstić information content (AvgIpc) is 2.90. The fourth-order valence-electron chi connectivity index (χ4n) is 2.27. The molecule has 1 aliphatic heterocycles. The van der Waals surface area contributed by atoms with Gasteiger partial charge in [0.15, 0.2) is 0 Å². The molecule has 0 aromatic rings. The van der Waals surface area contributed by atoms with E-state index in [-0.39, 0.29) is 5.91 Å². The smallest absolute Gasteiger partial charge is 0.236 e. The Bertz CT molecular complexity index is 233. The maximum Gasteiger partial charge on any atom is 0.236 e. The molecule has 2 fully saturated rings. The molecule has 1 saturated heterocycles. The van der Waals surface area contributed by atoms with Crippen LogP contribution in [-0.2, 0) is 4.79 Å². The molecule has 3 heteroatoms. The molecule has 0 radical (unpaired) electrons. The van der Waals surface area contributed by atoms with Gasteiger partial charge in [0.2, 0.25) is 5.91 Å². The van der Waals surface area contributed by atoms with Gasteiger partial charge in [-0.2, -0.15) is 0 Å². The van der Waals surface area contributed by atoms with Crippen LogP contribution in [0.2, 0.25) is 0 Å². The molecule has 1 heterocycles. The number of piperazine rings is 1. The SMILES string of the molecule is CC(C)C1(CN2CCNCC2=O)CC1. The normalized spacial score (nSPS) is 25.6. The number of carbonyl (C=O) groups excluding carboxylic acids is 1. The van der Waals surface area contributed by atoms with Gasteiger partial charge in [0.25, 0.3) is 0 Å². The van der Waals surface area contributed by atoms with Gasteiger partial charge in [-0.05, 0) is 24.2 Å². The molecule has 1 N–H and O–H groups in total. The lowest BCUT2D eigenvalue weighted by molar-refractivity contribution is -0.133. The molecule has 0 spiro atoms. The minimum absolute atomic E-state index is 0.281. The first-order valence-corrected chi connectivity index (χ1v) is 5.62. The van der Waals surface area contributed by atoms with Crippen molar-refractivity contribution in [3.05, 3.63) is 0 Å². The van der Waals surface area contributed by atoms with E-state index in [9.17, 15) is 4.79 Å². The number of hydrogen-bond acceptors (Lipinski definition) is 2. The summed E-state index contributed by atoms with van der Waals surface area (Å²) in [5.41, 5.74) is 0.465. The van der Waals surface area contributed by atoms with Gasteiger partial charge >= 0.3 is 0 Å². The molecule has 2 rings (SSSR count). The molecule has 0 atom stereocenters. The van der Waals surface area contributed by atoms with E-state index in [1.807, 2.05) is 4.90 Å². The van der Waals surface area contributed by atoms with Crippen LogP contribution >= 0.6 is 0 Å². The minimum atomic E-state index is 0.281. The third-order valence-corrected chi connectivity index (χ3v) is 3.81. The maximum absolute atomic E-state index is 11.6. The highest BCUT2D eigenvalue weighted by Gasteiger charge is 2.47. The first-order valence-electron chi connectivity index (χ1n) is 5.62. The quantitative estimate of drug-likeness (QED) is 0.726.